The highest BCUT2D eigenvalue weighted by atomic mass is 35.5. The fourth-order valence-electron chi connectivity index (χ4n) is 1.66. The molecule has 0 unspecified atom stereocenters. The van der Waals surface area contributed by atoms with Crippen molar-refractivity contribution in [3.63, 3.8) is 0 Å². The van der Waals surface area contributed by atoms with Gasteiger partial charge in [0.15, 0.2) is 6.61 Å². The number of rotatable bonds is 5. The van der Waals surface area contributed by atoms with E-state index in [-0.39, 0.29) is 22.3 Å². The summed E-state index contributed by atoms with van der Waals surface area (Å²) in [5, 5.41) is 7.53. The summed E-state index contributed by atoms with van der Waals surface area (Å²) in [5.41, 5.74) is 0.371. The van der Waals surface area contributed by atoms with Crippen LogP contribution in [0.4, 0.5) is 10.1 Å². The number of amides is 1. The minimum absolute atomic E-state index is 0.0512. The van der Waals surface area contributed by atoms with Crippen LogP contribution in [-0.4, -0.2) is 20.9 Å². The standard InChI is InChI=1S/C14H12ClFN2O4S/c15-12-7-9(16)1-6-13(12)22-8-14(19)18-10-2-4-11(5-3-10)23(17,20)21/h1-7H,8H2,(H,18,19)(H2,17,20,21). The van der Waals surface area contributed by atoms with Gasteiger partial charge in [-0.1, -0.05) is 11.6 Å². The molecule has 0 aliphatic rings. The first kappa shape index (κ1) is 17.2. The van der Waals surface area contributed by atoms with Crippen molar-refractivity contribution in [3.8, 4) is 5.75 Å². The van der Waals surface area contributed by atoms with Gasteiger partial charge < -0.3 is 10.1 Å². The van der Waals surface area contributed by atoms with Gasteiger partial charge in [-0.05, 0) is 42.5 Å². The zero-order valence-electron chi connectivity index (χ0n) is 11.6. The van der Waals surface area contributed by atoms with Crippen molar-refractivity contribution >= 4 is 33.2 Å². The fourth-order valence-corrected chi connectivity index (χ4v) is 2.40. The lowest BCUT2D eigenvalue weighted by atomic mass is 10.3. The maximum atomic E-state index is 12.9. The molecular weight excluding hydrogens is 347 g/mol. The number of carbonyl (C=O) groups is 1. The van der Waals surface area contributed by atoms with Crippen LogP contribution in [0.3, 0.4) is 0 Å². The molecule has 6 nitrogen and oxygen atoms in total. The van der Waals surface area contributed by atoms with Gasteiger partial charge in [0.25, 0.3) is 5.91 Å². The molecule has 9 heteroatoms. The van der Waals surface area contributed by atoms with Gasteiger partial charge in [-0.3, -0.25) is 4.79 Å². The molecule has 0 bridgehead atoms. The number of carbonyl (C=O) groups excluding carboxylic acids is 1. The number of halogens is 2. The van der Waals surface area contributed by atoms with Crippen molar-refractivity contribution < 1.29 is 22.3 Å². The number of anilines is 1. The molecule has 2 rings (SSSR count). The average Bonchev–Trinajstić information content (AvgIpc) is 2.46. The maximum absolute atomic E-state index is 12.9. The highest BCUT2D eigenvalue weighted by molar-refractivity contribution is 7.89. The number of primary sulfonamides is 1. The first-order valence-electron chi connectivity index (χ1n) is 6.26. The Kier molecular flexibility index (Phi) is 5.19. The molecule has 1 amide bonds. The average molecular weight is 359 g/mol. The number of benzene rings is 2. The molecule has 23 heavy (non-hydrogen) atoms. The summed E-state index contributed by atoms with van der Waals surface area (Å²) in [5.74, 6) is -0.830. The lowest BCUT2D eigenvalue weighted by Gasteiger charge is -2.09. The Hall–Kier alpha value is -2.16. The van der Waals surface area contributed by atoms with Crippen molar-refractivity contribution in [2.45, 2.75) is 4.90 Å². The fraction of sp³-hybridized carbons (Fsp3) is 0.0714. The van der Waals surface area contributed by atoms with Crippen molar-refractivity contribution in [2.75, 3.05) is 11.9 Å². The van der Waals surface area contributed by atoms with Gasteiger partial charge in [-0.25, -0.2) is 17.9 Å². The highest BCUT2D eigenvalue weighted by Gasteiger charge is 2.09. The van der Waals surface area contributed by atoms with E-state index in [0.29, 0.717) is 5.69 Å². The molecule has 122 valence electrons. The second-order valence-electron chi connectivity index (χ2n) is 4.48. The highest BCUT2D eigenvalue weighted by Crippen LogP contribution is 2.24. The molecule has 0 fully saturated rings. The summed E-state index contributed by atoms with van der Waals surface area (Å²) in [7, 11) is -3.79. The SMILES string of the molecule is NS(=O)(=O)c1ccc(NC(=O)COc2ccc(F)cc2Cl)cc1. The van der Waals surface area contributed by atoms with Crippen molar-refractivity contribution in [1.29, 1.82) is 0 Å². The van der Waals surface area contributed by atoms with Crippen LogP contribution in [0.5, 0.6) is 5.75 Å². The maximum Gasteiger partial charge on any atom is 0.262 e. The van der Waals surface area contributed by atoms with Gasteiger partial charge in [0.2, 0.25) is 10.0 Å². The van der Waals surface area contributed by atoms with Gasteiger partial charge in [0.05, 0.1) is 9.92 Å². The molecule has 0 spiro atoms. The van der Waals surface area contributed by atoms with Crippen molar-refractivity contribution in [2.24, 2.45) is 5.14 Å². The Morgan fingerprint density at radius 3 is 2.43 bits per heavy atom. The van der Waals surface area contributed by atoms with E-state index in [9.17, 15) is 17.6 Å². The van der Waals surface area contributed by atoms with Crippen LogP contribution in [0.1, 0.15) is 0 Å². The normalized spacial score (nSPS) is 11.1. The second kappa shape index (κ2) is 6.95. The molecule has 0 radical (unpaired) electrons. The number of nitrogens with two attached hydrogens (primary N) is 1. The van der Waals surface area contributed by atoms with Gasteiger partial charge >= 0.3 is 0 Å². The molecule has 3 N–H and O–H groups in total. The minimum Gasteiger partial charge on any atom is -0.482 e. The Labute approximate surface area is 137 Å². The third-order valence-electron chi connectivity index (χ3n) is 2.72. The number of hydrogen-bond donors (Lipinski definition) is 2. The van der Waals surface area contributed by atoms with E-state index in [0.717, 1.165) is 12.1 Å². The molecule has 2 aromatic rings. The van der Waals surface area contributed by atoms with Crippen LogP contribution >= 0.6 is 11.6 Å². The molecule has 0 aliphatic carbocycles. The molecule has 0 aliphatic heterocycles. The van der Waals surface area contributed by atoms with Crippen LogP contribution in [0.15, 0.2) is 47.4 Å². The number of nitrogens with one attached hydrogen (secondary N) is 1. The minimum atomic E-state index is -3.79. The van der Waals surface area contributed by atoms with Crippen molar-refractivity contribution in [1.82, 2.24) is 0 Å². The number of hydrogen-bond acceptors (Lipinski definition) is 4. The van der Waals surface area contributed by atoms with Crippen LogP contribution in [-0.2, 0) is 14.8 Å². The van der Waals surface area contributed by atoms with Gasteiger partial charge in [-0.15, -0.1) is 0 Å². The Morgan fingerprint density at radius 2 is 1.87 bits per heavy atom. The van der Waals surface area contributed by atoms with E-state index in [4.69, 9.17) is 21.5 Å². The number of ether oxygens (including phenoxy) is 1. The van der Waals surface area contributed by atoms with Crippen LogP contribution in [0, 0.1) is 5.82 Å². The van der Waals surface area contributed by atoms with E-state index in [1.165, 1.54) is 30.3 Å². The first-order chi connectivity index (χ1) is 10.8. The smallest absolute Gasteiger partial charge is 0.262 e. The molecule has 0 saturated heterocycles. The van der Waals surface area contributed by atoms with Crippen LogP contribution in [0.25, 0.3) is 0 Å². The summed E-state index contributed by atoms with van der Waals surface area (Å²) in [6.07, 6.45) is 0. The van der Waals surface area contributed by atoms with Crippen molar-refractivity contribution in [3.05, 3.63) is 53.3 Å². The van der Waals surface area contributed by atoms with E-state index in [2.05, 4.69) is 5.32 Å². The van der Waals surface area contributed by atoms with Gasteiger partial charge in [-0.2, -0.15) is 0 Å². The molecular formula is C14H12ClFN2O4S. The Morgan fingerprint density at radius 1 is 1.22 bits per heavy atom. The van der Waals surface area contributed by atoms with Gasteiger partial charge in [0.1, 0.15) is 11.6 Å². The van der Waals surface area contributed by atoms with Crippen LogP contribution in [0.2, 0.25) is 5.02 Å². The third-order valence-corrected chi connectivity index (χ3v) is 3.94. The molecule has 0 saturated carbocycles. The number of sulfonamides is 1. The predicted molar refractivity (Wildman–Crippen MR) is 83.3 cm³/mol. The summed E-state index contributed by atoms with van der Waals surface area (Å²) in [4.78, 5) is 11.7. The Bertz CT molecular complexity index is 825. The first-order valence-corrected chi connectivity index (χ1v) is 8.19. The summed E-state index contributed by atoms with van der Waals surface area (Å²) in [6.45, 7) is -0.345. The van der Waals surface area contributed by atoms with E-state index in [1.807, 2.05) is 0 Å². The van der Waals surface area contributed by atoms with Crippen LogP contribution < -0.4 is 15.2 Å². The molecule has 0 heterocycles. The lowest BCUT2D eigenvalue weighted by Crippen LogP contribution is -2.20. The Balaban J connectivity index is 1.94. The molecule has 0 atom stereocenters. The lowest BCUT2D eigenvalue weighted by molar-refractivity contribution is -0.118. The molecule has 2 aromatic carbocycles. The second-order valence-corrected chi connectivity index (χ2v) is 6.45. The van der Waals surface area contributed by atoms with E-state index >= 15 is 0 Å². The largest absolute Gasteiger partial charge is 0.482 e. The van der Waals surface area contributed by atoms with E-state index < -0.39 is 21.7 Å². The topological polar surface area (TPSA) is 98.5 Å². The van der Waals surface area contributed by atoms with Gasteiger partial charge in [0, 0.05) is 5.69 Å². The third kappa shape index (κ3) is 4.92. The quantitative estimate of drug-likeness (QED) is 0.855. The molecule has 0 aromatic heterocycles. The predicted octanol–water partition coefficient (Wildman–Crippen LogP) is 2.14. The zero-order chi connectivity index (χ0) is 17.0. The zero-order valence-corrected chi connectivity index (χ0v) is 13.2. The monoisotopic (exact) mass is 358 g/mol. The summed E-state index contributed by atoms with van der Waals surface area (Å²) >= 11 is 5.77. The summed E-state index contributed by atoms with van der Waals surface area (Å²) in [6, 6.07) is 8.86. The summed E-state index contributed by atoms with van der Waals surface area (Å²) < 4.78 is 40.3. The van der Waals surface area contributed by atoms with E-state index in [1.54, 1.807) is 0 Å².